The van der Waals surface area contributed by atoms with Crippen molar-refractivity contribution in [3.63, 3.8) is 0 Å². The van der Waals surface area contributed by atoms with Gasteiger partial charge in [-0.2, -0.15) is 0 Å². The lowest BCUT2D eigenvalue weighted by atomic mass is 10.1. The quantitative estimate of drug-likeness (QED) is 0.335. The van der Waals surface area contributed by atoms with Crippen LogP contribution in [-0.2, 0) is 14.3 Å². The van der Waals surface area contributed by atoms with Crippen LogP contribution in [0.4, 0.5) is 0 Å². The zero-order valence-corrected chi connectivity index (χ0v) is 18.0. The SMILES string of the molecule is CCCCC.CCCCC(=O)OC1C[C@@H](C)N(CCCCCC(C)=O)C1. The summed E-state index contributed by atoms with van der Waals surface area (Å²) in [6.07, 6.45) is 11.5. The molecule has 2 atom stereocenters. The molecular formula is C22H43NO3. The third kappa shape index (κ3) is 13.3. The van der Waals surface area contributed by atoms with Crippen LogP contribution in [0.5, 0.6) is 0 Å². The first-order valence-electron chi connectivity index (χ1n) is 10.9. The molecule has 1 unspecified atom stereocenters. The van der Waals surface area contributed by atoms with E-state index in [4.69, 9.17) is 4.74 Å². The summed E-state index contributed by atoms with van der Waals surface area (Å²) >= 11 is 0. The average Bonchev–Trinajstić information content (AvgIpc) is 2.93. The zero-order valence-electron chi connectivity index (χ0n) is 18.0. The van der Waals surface area contributed by atoms with Gasteiger partial charge in [-0.15, -0.1) is 0 Å². The van der Waals surface area contributed by atoms with Crippen LogP contribution in [0.3, 0.4) is 0 Å². The second kappa shape index (κ2) is 16.3. The Morgan fingerprint density at radius 1 is 0.923 bits per heavy atom. The first kappa shape index (κ1) is 25.1. The Hall–Kier alpha value is -0.900. The minimum absolute atomic E-state index is 0.0441. The molecule has 1 heterocycles. The normalized spacial score (nSPS) is 19.7. The van der Waals surface area contributed by atoms with Crippen molar-refractivity contribution in [3.05, 3.63) is 0 Å². The van der Waals surface area contributed by atoms with Crippen molar-refractivity contribution >= 4 is 11.8 Å². The van der Waals surface area contributed by atoms with E-state index >= 15 is 0 Å². The Bertz CT molecular complexity index is 368. The van der Waals surface area contributed by atoms with Gasteiger partial charge in [0.15, 0.2) is 0 Å². The molecule has 1 rings (SSSR count). The number of hydrogen-bond acceptors (Lipinski definition) is 4. The highest BCUT2D eigenvalue weighted by Crippen LogP contribution is 2.21. The topological polar surface area (TPSA) is 46.6 Å². The largest absolute Gasteiger partial charge is 0.461 e. The Kier molecular flexibility index (Phi) is 15.7. The fourth-order valence-electron chi connectivity index (χ4n) is 3.23. The molecule has 4 heteroatoms. The summed E-state index contributed by atoms with van der Waals surface area (Å²) in [5.41, 5.74) is 0. The van der Waals surface area contributed by atoms with Gasteiger partial charge in [0, 0.05) is 31.8 Å². The van der Waals surface area contributed by atoms with Crippen molar-refractivity contribution in [2.24, 2.45) is 0 Å². The van der Waals surface area contributed by atoms with Gasteiger partial charge in [-0.3, -0.25) is 9.69 Å². The average molecular weight is 370 g/mol. The molecular weight excluding hydrogens is 326 g/mol. The first-order chi connectivity index (χ1) is 12.4. The lowest BCUT2D eigenvalue weighted by Crippen LogP contribution is -2.29. The number of likely N-dealkylation sites (tertiary alicyclic amines) is 1. The molecule has 0 aliphatic carbocycles. The monoisotopic (exact) mass is 369 g/mol. The number of rotatable bonds is 12. The van der Waals surface area contributed by atoms with Crippen molar-refractivity contribution in [2.75, 3.05) is 13.1 Å². The molecule has 0 N–H and O–H groups in total. The highest BCUT2D eigenvalue weighted by atomic mass is 16.5. The summed E-state index contributed by atoms with van der Waals surface area (Å²) < 4.78 is 5.55. The fraction of sp³-hybridized carbons (Fsp3) is 0.909. The van der Waals surface area contributed by atoms with Crippen LogP contribution in [0.1, 0.15) is 105 Å². The summed E-state index contributed by atoms with van der Waals surface area (Å²) in [5, 5.41) is 0. The number of esters is 1. The zero-order chi connectivity index (χ0) is 19.8. The van der Waals surface area contributed by atoms with Gasteiger partial charge in [-0.1, -0.05) is 52.9 Å². The number of unbranched alkanes of at least 4 members (excludes halogenated alkanes) is 5. The molecule has 0 aromatic heterocycles. The van der Waals surface area contributed by atoms with Crippen molar-refractivity contribution in [2.45, 2.75) is 117 Å². The minimum atomic E-state index is -0.0441. The molecule has 1 saturated heterocycles. The molecule has 0 aromatic carbocycles. The van der Waals surface area contributed by atoms with Gasteiger partial charge >= 0.3 is 5.97 Å². The predicted octanol–water partition coefficient (Wildman–Crippen LogP) is 5.53. The van der Waals surface area contributed by atoms with Crippen LogP contribution < -0.4 is 0 Å². The Morgan fingerprint density at radius 3 is 2.12 bits per heavy atom. The number of nitrogens with zero attached hydrogens (tertiary/aromatic N) is 1. The highest BCUT2D eigenvalue weighted by Gasteiger charge is 2.30. The number of hydrogen-bond donors (Lipinski definition) is 0. The molecule has 0 radical (unpaired) electrons. The van der Waals surface area contributed by atoms with Crippen LogP contribution in [0.2, 0.25) is 0 Å². The van der Waals surface area contributed by atoms with E-state index in [1.54, 1.807) is 6.92 Å². The molecule has 1 aliphatic heterocycles. The second-order valence-electron chi connectivity index (χ2n) is 7.66. The van der Waals surface area contributed by atoms with Gasteiger partial charge in [0.05, 0.1) is 0 Å². The van der Waals surface area contributed by atoms with Crippen molar-refractivity contribution < 1.29 is 14.3 Å². The number of Topliss-reactive ketones (excluding diaryl/α,β-unsaturated/α-hetero) is 1. The molecule has 1 fully saturated rings. The maximum absolute atomic E-state index is 11.7. The van der Waals surface area contributed by atoms with Gasteiger partial charge in [0.2, 0.25) is 0 Å². The Labute approximate surface area is 162 Å². The Morgan fingerprint density at radius 2 is 1.58 bits per heavy atom. The van der Waals surface area contributed by atoms with Crippen LogP contribution in [0.25, 0.3) is 0 Å². The lowest BCUT2D eigenvalue weighted by Gasteiger charge is -2.20. The third-order valence-corrected chi connectivity index (χ3v) is 4.88. The van der Waals surface area contributed by atoms with E-state index in [2.05, 4.69) is 32.6 Å². The van der Waals surface area contributed by atoms with Crippen LogP contribution in [0.15, 0.2) is 0 Å². The molecule has 26 heavy (non-hydrogen) atoms. The van der Waals surface area contributed by atoms with Crippen molar-refractivity contribution in [1.82, 2.24) is 4.90 Å². The molecule has 154 valence electrons. The van der Waals surface area contributed by atoms with Gasteiger partial charge in [0.1, 0.15) is 11.9 Å². The predicted molar refractivity (Wildman–Crippen MR) is 109 cm³/mol. The summed E-state index contributed by atoms with van der Waals surface area (Å²) in [7, 11) is 0. The summed E-state index contributed by atoms with van der Waals surface area (Å²) in [4.78, 5) is 24.9. The molecule has 0 spiro atoms. The first-order valence-corrected chi connectivity index (χ1v) is 10.9. The molecule has 0 bridgehead atoms. The molecule has 1 aliphatic rings. The Balaban J connectivity index is 0.00000110. The van der Waals surface area contributed by atoms with E-state index in [1.165, 1.54) is 19.3 Å². The van der Waals surface area contributed by atoms with Gasteiger partial charge in [-0.25, -0.2) is 0 Å². The highest BCUT2D eigenvalue weighted by molar-refractivity contribution is 5.75. The fourth-order valence-corrected chi connectivity index (χ4v) is 3.23. The lowest BCUT2D eigenvalue weighted by molar-refractivity contribution is -0.148. The molecule has 0 aromatic rings. The van der Waals surface area contributed by atoms with E-state index in [9.17, 15) is 9.59 Å². The van der Waals surface area contributed by atoms with E-state index in [-0.39, 0.29) is 17.9 Å². The number of carbonyl (C=O) groups is 2. The van der Waals surface area contributed by atoms with Crippen molar-refractivity contribution in [1.29, 1.82) is 0 Å². The number of carbonyl (C=O) groups excluding carboxylic acids is 2. The summed E-state index contributed by atoms with van der Waals surface area (Å²) in [6.45, 7) is 12.3. The van der Waals surface area contributed by atoms with Gasteiger partial charge < -0.3 is 9.53 Å². The van der Waals surface area contributed by atoms with E-state index in [1.807, 2.05) is 0 Å². The van der Waals surface area contributed by atoms with Gasteiger partial charge in [-0.05, 0) is 39.7 Å². The number of ether oxygens (including phenoxy) is 1. The minimum Gasteiger partial charge on any atom is -0.461 e. The maximum Gasteiger partial charge on any atom is 0.306 e. The van der Waals surface area contributed by atoms with Gasteiger partial charge in [0.25, 0.3) is 0 Å². The summed E-state index contributed by atoms with van der Waals surface area (Å²) in [5.74, 6) is 0.237. The maximum atomic E-state index is 11.7. The van der Waals surface area contributed by atoms with E-state index < -0.39 is 0 Å². The van der Waals surface area contributed by atoms with Crippen LogP contribution >= 0.6 is 0 Å². The van der Waals surface area contributed by atoms with Crippen LogP contribution in [-0.4, -0.2) is 41.9 Å². The van der Waals surface area contributed by atoms with E-state index in [0.29, 0.717) is 18.9 Å². The van der Waals surface area contributed by atoms with E-state index in [0.717, 1.165) is 51.6 Å². The molecule has 0 amide bonds. The summed E-state index contributed by atoms with van der Waals surface area (Å²) in [6, 6.07) is 0.488. The smallest absolute Gasteiger partial charge is 0.306 e. The molecule has 0 saturated carbocycles. The van der Waals surface area contributed by atoms with Crippen molar-refractivity contribution in [3.8, 4) is 0 Å². The van der Waals surface area contributed by atoms with Crippen LogP contribution in [0, 0.1) is 0 Å². The third-order valence-electron chi connectivity index (χ3n) is 4.88. The standard InChI is InChI=1S/C17H31NO3.C5H12/c1-4-5-10-17(20)21-16-12-14(2)18(13-16)11-8-6-7-9-15(3)19;1-3-5-4-2/h14,16H,4-13H2,1-3H3;3-5H2,1-2H3/t14-,16?;/m1./s1. The molecule has 4 nitrogen and oxygen atoms in total. The second-order valence-corrected chi connectivity index (χ2v) is 7.66. The number of ketones is 1.